The molecule has 0 spiro atoms. The van der Waals surface area contributed by atoms with E-state index in [4.69, 9.17) is 21.1 Å². The lowest BCUT2D eigenvalue weighted by Crippen LogP contribution is -2.57. The molecule has 4 aliphatic heterocycles. The second-order valence-corrected chi connectivity index (χ2v) is 10.2. The summed E-state index contributed by atoms with van der Waals surface area (Å²) in [7, 11) is -3.38. The van der Waals surface area contributed by atoms with E-state index in [2.05, 4.69) is 17.0 Å². The summed E-state index contributed by atoms with van der Waals surface area (Å²) in [6.07, 6.45) is 3.85. The van der Waals surface area contributed by atoms with E-state index >= 15 is 0 Å². The molecular formula is C18H23ClN2O4S. The predicted molar refractivity (Wildman–Crippen MR) is 98.1 cm³/mol. The lowest BCUT2D eigenvalue weighted by molar-refractivity contribution is 0.0221. The molecule has 2 fully saturated rings. The Bertz CT molecular complexity index is 831. The highest BCUT2D eigenvalue weighted by Gasteiger charge is 2.46. The van der Waals surface area contributed by atoms with Gasteiger partial charge in [0.05, 0.1) is 0 Å². The number of alkyl halides is 1. The average molecular weight is 399 g/mol. The molecule has 4 aliphatic rings. The Morgan fingerprint density at radius 2 is 2.00 bits per heavy atom. The minimum atomic E-state index is -3.38. The highest BCUT2D eigenvalue weighted by Crippen LogP contribution is 2.46. The topological polar surface area (TPSA) is 59.1 Å². The highest BCUT2D eigenvalue weighted by molar-refractivity contribution is 7.90. The second-order valence-electron chi connectivity index (χ2n) is 7.70. The molecule has 4 heterocycles. The molecule has 6 nitrogen and oxygen atoms in total. The molecule has 5 rings (SSSR count). The van der Waals surface area contributed by atoms with Crippen LogP contribution in [0.5, 0.6) is 11.5 Å². The van der Waals surface area contributed by atoms with Crippen molar-refractivity contribution in [1.82, 2.24) is 9.21 Å². The number of hydrogen-bond acceptors (Lipinski definition) is 5. The number of hydrogen-bond donors (Lipinski definition) is 0. The van der Waals surface area contributed by atoms with E-state index < -0.39 is 10.0 Å². The van der Waals surface area contributed by atoms with Crippen LogP contribution in [0.25, 0.3) is 0 Å². The zero-order valence-corrected chi connectivity index (χ0v) is 16.1. The fourth-order valence-corrected chi connectivity index (χ4v) is 6.78. The zero-order valence-electron chi connectivity index (χ0n) is 14.6. The zero-order chi connectivity index (χ0) is 17.9. The third kappa shape index (κ3) is 2.63. The van der Waals surface area contributed by atoms with Crippen molar-refractivity contribution in [3.8, 4) is 11.5 Å². The van der Waals surface area contributed by atoms with Crippen LogP contribution in [-0.2, 0) is 16.4 Å². The van der Waals surface area contributed by atoms with Gasteiger partial charge in [-0.2, -0.15) is 4.31 Å². The summed E-state index contributed by atoms with van der Waals surface area (Å²) in [6.45, 7) is 2.84. The molecule has 0 aliphatic carbocycles. The number of rotatable bonds is 2. The van der Waals surface area contributed by atoms with Crippen LogP contribution < -0.4 is 9.47 Å². The Labute approximate surface area is 159 Å². The molecule has 0 bridgehead atoms. The molecule has 0 N–H and O–H groups in total. The molecule has 1 aromatic carbocycles. The molecule has 2 saturated heterocycles. The molecule has 0 unspecified atom stereocenters. The van der Waals surface area contributed by atoms with Gasteiger partial charge in [-0.05, 0) is 54.9 Å². The maximum atomic E-state index is 12.5. The van der Waals surface area contributed by atoms with Gasteiger partial charge in [0.15, 0.2) is 11.5 Å². The van der Waals surface area contributed by atoms with Crippen LogP contribution in [0, 0.1) is 5.92 Å². The van der Waals surface area contributed by atoms with Gasteiger partial charge < -0.3 is 9.47 Å². The minimum absolute atomic E-state index is 0.0464. The first-order valence-electron chi connectivity index (χ1n) is 9.29. The Morgan fingerprint density at radius 3 is 2.81 bits per heavy atom. The van der Waals surface area contributed by atoms with Crippen LogP contribution in [0.1, 0.15) is 36.4 Å². The Morgan fingerprint density at radius 1 is 1.19 bits per heavy atom. The Hall–Kier alpha value is -1.02. The first kappa shape index (κ1) is 17.1. The molecule has 8 heteroatoms. The third-order valence-corrected chi connectivity index (χ3v) is 8.67. The smallest absolute Gasteiger partial charge is 0.231 e. The summed E-state index contributed by atoms with van der Waals surface area (Å²) in [5.41, 5.74) is 2.57. The van der Waals surface area contributed by atoms with Crippen molar-refractivity contribution in [2.75, 3.05) is 31.6 Å². The first-order chi connectivity index (χ1) is 12.6. The van der Waals surface area contributed by atoms with E-state index in [0.717, 1.165) is 50.3 Å². The summed E-state index contributed by atoms with van der Waals surface area (Å²) in [5, 5.41) is -0.333. The van der Waals surface area contributed by atoms with Gasteiger partial charge in [-0.15, -0.1) is 11.6 Å². The van der Waals surface area contributed by atoms with Crippen molar-refractivity contribution in [1.29, 1.82) is 0 Å². The number of fused-ring (bicyclic) bond motifs is 5. The number of sulfonamides is 1. The number of halogens is 1. The molecule has 26 heavy (non-hydrogen) atoms. The normalized spacial score (nSPS) is 31.2. The number of benzene rings is 1. The molecule has 3 atom stereocenters. The lowest BCUT2D eigenvalue weighted by atomic mass is 9.77. The van der Waals surface area contributed by atoms with Gasteiger partial charge in [-0.25, -0.2) is 8.42 Å². The van der Waals surface area contributed by atoms with E-state index in [1.165, 1.54) is 11.1 Å². The van der Waals surface area contributed by atoms with E-state index in [0.29, 0.717) is 12.5 Å². The van der Waals surface area contributed by atoms with E-state index in [1.54, 1.807) is 4.31 Å². The first-order valence-corrected chi connectivity index (χ1v) is 11.4. The molecule has 0 saturated carbocycles. The molecule has 0 aromatic heterocycles. The van der Waals surface area contributed by atoms with Crippen LogP contribution in [0.3, 0.4) is 0 Å². The SMILES string of the molecule is O=S(=O)(CCl)N1CCC[C@@H]2CN3CCc4cc5c(cc4[C@@H]3C[C@@H]21)OCO5. The highest BCUT2D eigenvalue weighted by atomic mass is 35.5. The summed E-state index contributed by atoms with van der Waals surface area (Å²) in [4.78, 5) is 2.53. The lowest BCUT2D eigenvalue weighted by Gasteiger charge is -2.51. The molecule has 0 amide bonds. The van der Waals surface area contributed by atoms with Gasteiger partial charge in [0.1, 0.15) is 5.21 Å². The maximum Gasteiger partial charge on any atom is 0.231 e. The summed E-state index contributed by atoms with van der Waals surface area (Å²) < 4.78 is 37.8. The van der Waals surface area contributed by atoms with Crippen molar-refractivity contribution < 1.29 is 17.9 Å². The molecule has 0 radical (unpaired) electrons. The van der Waals surface area contributed by atoms with Crippen molar-refractivity contribution in [3.63, 3.8) is 0 Å². The van der Waals surface area contributed by atoms with Crippen LogP contribution in [0.4, 0.5) is 0 Å². The van der Waals surface area contributed by atoms with Gasteiger partial charge >= 0.3 is 0 Å². The van der Waals surface area contributed by atoms with Gasteiger partial charge in [0.2, 0.25) is 16.8 Å². The maximum absolute atomic E-state index is 12.5. The van der Waals surface area contributed by atoms with Crippen LogP contribution >= 0.6 is 11.6 Å². The van der Waals surface area contributed by atoms with Crippen LogP contribution in [0.15, 0.2) is 12.1 Å². The number of nitrogens with zero attached hydrogens (tertiary/aromatic N) is 2. The van der Waals surface area contributed by atoms with Gasteiger partial charge in [-0.3, -0.25) is 4.90 Å². The average Bonchev–Trinajstić information content (AvgIpc) is 3.11. The fraction of sp³-hybridized carbons (Fsp3) is 0.667. The van der Waals surface area contributed by atoms with Crippen molar-refractivity contribution in [2.45, 2.75) is 37.8 Å². The second kappa shape index (κ2) is 6.26. The quantitative estimate of drug-likeness (QED) is 0.715. The molecular weight excluding hydrogens is 376 g/mol. The number of piperidine rings is 2. The Kier molecular flexibility index (Phi) is 4.12. The summed E-state index contributed by atoms with van der Waals surface area (Å²) in [6, 6.07) is 4.50. The largest absolute Gasteiger partial charge is 0.454 e. The molecule has 142 valence electrons. The minimum Gasteiger partial charge on any atom is -0.454 e. The van der Waals surface area contributed by atoms with E-state index in [9.17, 15) is 8.42 Å². The Balaban J connectivity index is 1.50. The standard InChI is InChI=1S/C18H23ClN2O4S/c19-10-26(22,23)21-4-1-2-13-9-20-5-3-12-6-17-18(25-11-24-17)7-14(12)16(20)8-15(13)21/h6-7,13,15-16H,1-5,8-11H2/t13-,15+,16+/m1/s1. The van der Waals surface area contributed by atoms with Gasteiger partial charge in [-0.1, -0.05) is 0 Å². The number of ether oxygens (including phenoxy) is 2. The van der Waals surface area contributed by atoms with Gasteiger partial charge in [0.25, 0.3) is 0 Å². The summed E-state index contributed by atoms with van der Waals surface area (Å²) in [5.74, 6) is 2.03. The monoisotopic (exact) mass is 398 g/mol. The third-order valence-electron chi connectivity index (χ3n) is 6.40. The van der Waals surface area contributed by atoms with Crippen molar-refractivity contribution >= 4 is 21.6 Å². The van der Waals surface area contributed by atoms with Crippen molar-refractivity contribution in [2.24, 2.45) is 5.92 Å². The molecule has 1 aromatic rings. The fourth-order valence-electron chi connectivity index (χ4n) is 5.20. The van der Waals surface area contributed by atoms with Crippen LogP contribution in [-0.4, -0.2) is 55.3 Å². The van der Waals surface area contributed by atoms with Crippen LogP contribution in [0.2, 0.25) is 0 Å². The summed E-state index contributed by atoms with van der Waals surface area (Å²) >= 11 is 5.77. The van der Waals surface area contributed by atoms with Gasteiger partial charge in [0, 0.05) is 31.7 Å². The predicted octanol–water partition coefficient (Wildman–Crippen LogP) is 2.32. The van der Waals surface area contributed by atoms with E-state index in [1.807, 2.05) is 0 Å². The van der Waals surface area contributed by atoms with Crippen molar-refractivity contribution in [3.05, 3.63) is 23.3 Å². The van der Waals surface area contributed by atoms with E-state index in [-0.39, 0.29) is 24.1 Å².